The summed E-state index contributed by atoms with van der Waals surface area (Å²) in [6, 6.07) is 16.4. The molecule has 0 saturated carbocycles. The molecule has 2 aromatic carbocycles. The fourth-order valence-electron chi connectivity index (χ4n) is 3.78. The van der Waals surface area contributed by atoms with Crippen molar-refractivity contribution in [2.75, 3.05) is 13.7 Å². The van der Waals surface area contributed by atoms with Gasteiger partial charge in [-0.25, -0.2) is 9.78 Å². The van der Waals surface area contributed by atoms with Crippen LogP contribution < -0.4 is 4.74 Å². The molecule has 0 amide bonds. The first-order valence-corrected chi connectivity index (χ1v) is 10.4. The van der Waals surface area contributed by atoms with Gasteiger partial charge >= 0.3 is 5.97 Å². The van der Waals surface area contributed by atoms with E-state index in [4.69, 9.17) is 9.47 Å². The molecule has 0 unspecified atom stereocenters. The first kappa shape index (κ1) is 21.3. The summed E-state index contributed by atoms with van der Waals surface area (Å²) in [6.45, 7) is 6.06. The Balaban J connectivity index is 1.86. The van der Waals surface area contributed by atoms with Crippen LogP contribution in [-0.2, 0) is 4.74 Å². The van der Waals surface area contributed by atoms with E-state index in [0.29, 0.717) is 28.1 Å². The molecule has 0 atom stereocenters. The molecule has 0 bridgehead atoms. The van der Waals surface area contributed by atoms with Crippen LogP contribution in [0.2, 0.25) is 0 Å². The Kier molecular flexibility index (Phi) is 5.77. The smallest absolute Gasteiger partial charge is 0.340 e. The molecule has 0 aliphatic carbocycles. The summed E-state index contributed by atoms with van der Waals surface area (Å²) >= 11 is 0. The van der Waals surface area contributed by atoms with Gasteiger partial charge in [0.05, 0.1) is 36.2 Å². The maximum absolute atomic E-state index is 13.3. The third-order valence-corrected chi connectivity index (χ3v) is 5.40. The summed E-state index contributed by atoms with van der Waals surface area (Å²) in [5, 5.41) is 0. The zero-order valence-electron chi connectivity index (χ0n) is 18.5. The SMILES string of the molecule is CCOC(=O)c1cc(C(=O)c2ccc(OC)cc2)n2cnc(-c3ccc(C)cc3C)cc12. The van der Waals surface area contributed by atoms with E-state index in [1.165, 1.54) is 0 Å². The summed E-state index contributed by atoms with van der Waals surface area (Å²) in [4.78, 5) is 30.5. The van der Waals surface area contributed by atoms with Gasteiger partial charge in [-0.05, 0) is 62.7 Å². The highest BCUT2D eigenvalue weighted by Crippen LogP contribution is 2.27. The zero-order valence-corrected chi connectivity index (χ0v) is 18.5. The highest BCUT2D eigenvalue weighted by atomic mass is 16.5. The molecule has 0 aliphatic heterocycles. The number of carbonyl (C=O) groups excluding carboxylic acids is 2. The van der Waals surface area contributed by atoms with E-state index in [9.17, 15) is 9.59 Å². The third kappa shape index (κ3) is 3.87. The summed E-state index contributed by atoms with van der Waals surface area (Å²) in [6.07, 6.45) is 1.59. The van der Waals surface area contributed by atoms with Crippen molar-refractivity contribution in [3.63, 3.8) is 0 Å². The van der Waals surface area contributed by atoms with Gasteiger partial charge in [-0.15, -0.1) is 0 Å². The van der Waals surface area contributed by atoms with Crippen LogP contribution in [0.5, 0.6) is 5.75 Å². The highest BCUT2D eigenvalue weighted by Gasteiger charge is 2.22. The summed E-state index contributed by atoms with van der Waals surface area (Å²) < 4.78 is 12.1. The van der Waals surface area contributed by atoms with E-state index in [-0.39, 0.29) is 12.4 Å². The van der Waals surface area contributed by atoms with Gasteiger partial charge in [0.1, 0.15) is 12.1 Å². The number of rotatable bonds is 6. The van der Waals surface area contributed by atoms with Crippen LogP contribution in [-0.4, -0.2) is 34.9 Å². The number of nitrogens with zero attached hydrogens (tertiary/aromatic N) is 2. The van der Waals surface area contributed by atoms with Gasteiger partial charge in [-0.1, -0.05) is 23.8 Å². The molecule has 2 heterocycles. The van der Waals surface area contributed by atoms with E-state index in [1.807, 2.05) is 32.0 Å². The van der Waals surface area contributed by atoms with Crippen molar-refractivity contribution >= 4 is 17.3 Å². The fourth-order valence-corrected chi connectivity index (χ4v) is 3.78. The maximum Gasteiger partial charge on any atom is 0.340 e. The molecule has 4 rings (SSSR count). The van der Waals surface area contributed by atoms with Gasteiger partial charge in [0.25, 0.3) is 0 Å². The lowest BCUT2D eigenvalue weighted by atomic mass is 10.0. The standard InChI is InChI=1S/C26H24N2O4/c1-5-32-26(30)21-13-24(25(29)18-7-9-19(31-4)10-8-18)28-15-27-22(14-23(21)28)20-11-6-16(2)12-17(20)3/h6-15H,5H2,1-4H3. The van der Waals surface area contributed by atoms with E-state index in [2.05, 4.69) is 11.1 Å². The number of aryl methyl sites for hydroxylation is 2. The number of benzene rings is 2. The van der Waals surface area contributed by atoms with Crippen molar-refractivity contribution in [2.24, 2.45) is 0 Å². The van der Waals surface area contributed by atoms with E-state index in [0.717, 1.165) is 22.4 Å². The van der Waals surface area contributed by atoms with Crippen LogP contribution in [0.15, 0.2) is 60.9 Å². The van der Waals surface area contributed by atoms with Crippen molar-refractivity contribution in [2.45, 2.75) is 20.8 Å². The molecule has 162 valence electrons. The fraction of sp³-hybridized carbons (Fsp3) is 0.192. The number of fused-ring (bicyclic) bond motifs is 1. The molecule has 0 aliphatic rings. The maximum atomic E-state index is 13.3. The second-order valence-electron chi connectivity index (χ2n) is 7.57. The predicted molar refractivity (Wildman–Crippen MR) is 122 cm³/mol. The number of carbonyl (C=O) groups is 2. The van der Waals surface area contributed by atoms with Gasteiger partial charge in [-0.2, -0.15) is 0 Å². The van der Waals surface area contributed by atoms with E-state index < -0.39 is 5.97 Å². The molecular formula is C26H24N2O4. The number of hydrogen-bond acceptors (Lipinski definition) is 5. The van der Waals surface area contributed by atoms with Crippen molar-refractivity contribution in [3.8, 4) is 17.0 Å². The predicted octanol–water partition coefficient (Wildman–Crippen LogP) is 5.03. The largest absolute Gasteiger partial charge is 0.497 e. The first-order chi connectivity index (χ1) is 15.4. The second kappa shape index (κ2) is 8.67. The topological polar surface area (TPSA) is 69.9 Å². The Bertz CT molecular complexity index is 1320. The lowest BCUT2D eigenvalue weighted by Gasteiger charge is -2.09. The minimum absolute atomic E-state index is 0.223. The monoisotopic (exact) mass is 428 g/mol. The molecule has 0 saturated heterocycles. The summed E-state index contributed by atoms with van der Waals surface area (Å²) in [7, 11) is 1.57. The lowest BCUT2D eigenvalue weighted by Crippen LogP contribution is -2.06. The van der Waals surface area contributed by atoms with E-state index in [1.54, 1.807) is 55.1 Å². The van der Waals surface area contributed by atoms with Gasteiger partial charge < -0.3 is 9.47 Å². The molecule has 6 heteroatoms. The molecule has 6 nitrogen and oxygen atoms in total. The Labute approximate surface area is 186 Å². The molecule has 32 heavy (non-hydrogen) atoms. The lowest BCUT2D eigenvalue weighted by molar-refractivity contribution is 0.0529. The van der Waals surface area contributed by atoms with Gasteiger partial charge in [0.2, 0.25) is 5.78 Å². The van der Waals surface area contributed by atoms with Crippen molar-refractivity contribution in [3.05, 3.63) is 88.9 Å². The Morgan fingerprint density at radius 2 is 1.75 bits per heavy atom. The third-order valence-electron chi connectivity index (χ3n) is 5.40. The average molecular weight is 428 g/mol. The number of aromatic nitrogens is 2. The van der Waals surface area contributed by atoms with Crippen LogP contribution in [0.25, 0.3) is 16.8 Å². The molecule has 0 fully saturated rings. The van der Waals surface area contributed by atoms with Crippen LogP contribution in [0.1, 0.15) is 44.5 Å². The van der Waals surface area contributed by atoms with E-state index >= 15 is 0 Å². The minimum atomic E-state index is -0.475. The number of ketones is 1. The van der Waals surface area contributed by atoms with Crippen molar-refractivity contribution < 1.29 is 19.1 Å². The quantitative estimate of drug-likeness (QED) is 0.318. The van der Waals surface area contributed by atoms with Gasteiger partial charge in [0.15, 0.2) is 0 Å². The van der Waals surface area contributed by atoms with Crippen molar-refractivity contribution in [1.29, 1.82) is 0 Å². The Hall–Kier alpha value is -3.93. The average Bonchev–Trinajstić information content (AvgIpc) is 3.18. The van der Waals surface area contributed by atoms with Crippen LogP contribution in [0.3, 0.4) is 0 Å². The zero-order chi connectivity index (χ0) is 22.8. The van der Waals surface area contributed by atoms with Gasteiger partial charge in [0, 0.05) is 11.1 Å². The number of ether oxygens (including phenoxy) is 2. The number of hydrogen-bond donors (Lipinski definition) is 0. The van der Waals surface area contributed by atoms with Crippen LogP contribution in [0.4, 0.5) is 0 Å². The second-order valence-corrected chi connectivity index (χ2v) is 7.57. The van der Waals surface area contributed by atoms with Crippen LogP contribution in [0, 0.1) is 13.8 Å². The van der Waals surface area contributed by atoms with Crippen LogP contribution >= 0.6 is 0 Å². The first-order valence-electron chi connectivity index (χ1n) is 10.4. The summed E-state index contributed by atoms with van der Waals surface area (Å²) in [5.41, 5.74) is 5.67. The number of esters is 1. The molecular weight excluding hydrogens is 404 g/mol. The highest BCUT2D eigenvalue weighted by molar-refractivity contribution is 6.11. The Morgan fingerprint density at radius 3 is 2.41 bits per heavy atom. The molecule has 0 radical (unpaired) electrons. The Morgan fingerprint density at radius 1 is 1.00 bits per heavy atom. The molecule has 0 N–H and O–H groups in total. The van der Waals surface area contributed by atoms with Gasteiger partial charge in [-0.3, -0.25) is 9.20 Å². The summed E-state index contributed by atoms with van der Waals surface area (Å²) in [5.74, 6) is -0.0376. The normalized spacial score (nSPS) is 10.9. The minimum Gasteiger partial charge on any atom is -0.497 e. The molecule has 0 spiro atoms. The molecule has 2 aromatic heterocycles. The molecule has 4 aromatic rings. The van der Waals surface area contributed by atoms with Crippen molar-refractivity contribution in [1.82, 2.24) is 9.38 Å². The number of methoxy groups -OCH3 is 1.